The van der Waals surface area contributed by atoms with Crippen LogP contribution >= 0.6 is 0 Å². The van der Waals surface area contributed by atoms with Crippen molar-refractivity contribution in [1.82, 2.24) is 9.88 Å². The second kappa shape index (κ2) is 9.75. The average molecular weight is 395 g/mol. The van der Waals surface area contributed by atoms with Crippen LogP contribution in [-0.4, -0.2) is 40.8 Å². The Morgan fingerprint density at radius 1 is 1.17 bits per heavy atom. The molecule has 0 bridgehead atoms. The number of carbonyl (C=O) groups excluding carboxylic acids is 1. The number of ether oxygens (including phenoxy) is 1. The van der Waals surface area contributed by atoms with Crippen LogP contribution in [0, 0.1) is 0 Å². The van der Waals surface area contributed by atoms with Crippen LogP contribution in [0.4, 0.5) is 10.5 Å². The SMILES string of the molecule is CCOc1ccc2[nH]c(=O)c(CN(CCCO)C(=O)Nc3ccccc3)cc2c1. The molecule has 29 heavy (non-hydrogen) atoms. The molecule has 0 atom stereocenters. The fraction of sp³-hybridized carbons (Fsp3) is 0.273. The van der Waals surface area contributed by atoms with E-state index in [1.165, 1.54) is 4.90 Å². The zero-order valence-corrected chi connectivity index (χ0v) is 16.4. The van der Waals surface area contributed by atoms with Crippen LogP contribution in [0.3, 0.4) is 0 Å². The van der Waals surface area contributed by atoms with Crippen molar-refractivity contribution in [3.63, 3.8) is 0 Å². The van der Waals surface area contributed by atoms with Gasteiger partial charge in [0.25, 0.3) is 5.56 Å². The smallest absolute Gasteiger partial charge is 0.322 e. The van der Waals surface area contributed by atoms with E-state index in [0.29, 0.717) is 36.3 Å². The number of rotatable bonds is 8. The highest BCUT2D eigenvalue weighted by molar-refractivity contribution is 5.89. The van der Waals surface area contributed by atoms with Crippen molar-refractivity contribution in [3.05, 3.63) is 70.5 Å². The van der Waals surface area contributed by atoms with Gasteiger partial charge >= 0.3 is 6.03 Å². The molecule has 152 valence electrons. The van der Waals surface area contributed by atoms with Gasteiger partial charge in [-0.15, -0.1) is 0 Å². The van der Waals surface area contributed by atoms with Crippen LogP contribution in [0.15, 0.2) is 59.4 Å². The van der Waals surface area contributed by atoms with Gasteiger partial charge in [0.1, 0.15) is 5.75 Å². The molecule has 0 aliphatic carbocycles. The van der Waals surface area contributed by atoms with Crippen LogP contribution in [-0.2, 0) is 6.54 Å². The van der Waals surface area contributed by atoms with Gasteiger partial charge in [-0.25, -0.2) is 4.79 Å². The summed E-state index contributed by atoms with van der Waals surface area (Å²) in [6.07, 6.45) is 0.419. The minimum Gasteiger partial charge on any atom is -0.494 e. The van der Waals surface area contributed by atoms with Crippen molar-refractivity contribution >= 4 is 22.6 Å². The maximum absolute atomic E-state index is 12.7. The molecule has 0 saturated carbocycles. The summed E-state index contributed by atoms with van der Waals surface area (Å²) in [5, 5.41) is 12.8. The van der Waals surface area contributed by atoms with Crippen LogP contribution in [0.1, 0.15) is 18.9 Å². The van der Waals surface area contributed by atoms with Crippen LogP contribution in [0.25, 0.3) is 10.9 Å². The first-order chi connectivity index (χ1) is 14.1. The highest BCUT2D eigenvalue weighted by atomic mass is 16.5. The lowest BCUT2D eigenvalue weighted by atomic mass is 10.1. The lowest BCUT2D eigenvalue weighted by Gasteiger charge is -2.23. The Morgan fingerprint density at radius 3 is 2.69 bits per heavy atom. The zero-order chi connectivity index (χ0) is 20.6. The zero-order valence-electron chi connectivity index (χ0n) is 16.4. The summed E-state index contributed by atoms with van der Waals surface area (Å²) >= 11 is 0. The molecule has 3 aromatic rings. The number of benzene rings is 2. The Hall–Kier alpha value is -3.32. The van der Waals surface area contributed by atoms with E-state index >= 15 is 0 Å². The van der Waals surface area contributed by atoms with Crippen molar-refractivity contribution in [2.45, 2.75) is 19.9 Å². The van der Waals surface area contributed by atoms with Gasteiger partial charge in [0.2, 0.25) is 0 Å². The van der Waals surface area contributed by atoms with E-state index in [1.54, 1.807) is 24.3 Å². The Kier molecular flexibility index (Phi) is 6.86. The monoisotopic (exact) mass is 395 g/mol. The summed E-state index contributed by atoms with van der Waals surface area (Å²) in [6, 6.07) is 16.0. The Labute approximate surface area is 168 Å². The average Bonchev–Trinajstić information content (AvgIpc) is 2.72. The summed E-state index contributed by atoms with van der Waals surface area (Å²) in [7, 11) is 0. The van der Waals surface area contributed by atoms with E-state index in [0.717, 1.165) is 11.1 Å². The number of aliphatic hydroxyl groups is 1. The predicted molar refractivity (Wildman–Crippen MR) is 113 cm³/mol. The number of urea groups is 1. The number of amides is 2. The van der Waals surface area contributed by atoms with Gasteiger partial charge < -0.3 is 25.0 Å². The van der Waals surface area contributed by atoms with Crippen LogP contribution in [0.5, 0.6) is 5.75 Å². The number of carbonyl (C=O) groups is 1. The maximum atomic E-state index is 12.7. The number of H-pyrrole nitrogens is 1. The van der Waals surface area contributed by atoms with Gasteiger partial charge in [0.05, 0.1) is 13.2 Å². The maximum Gasteiger partial charge on any atom is 0.322 e. The summed E-state index contributed by atoms with van der Waals surface area (Å²) in [5.41, 5.74) is 1.59. The van der Waals surface area contributed by atoms with Gasteiger partial charge in [-0.3, -0.25) is 4.79 Å². The van der Waals surface area contributed by atoms with Gasteiger partial charge in [0, 0.05) is 35.3 Å². The molecule has 0 spiro atoms. The van der Waals surface area contributed by atoms with E-state index in [9.17, 15) is 14.7 Å². The Bertz CT molecular complexity index is 1020. The molecular formula is C22H25N3O4. The van der Waals surface area contributed by atoms with Gasteiger partial charge in [-0.05, 0) is 49.7 Å². The molecule has 2 amide bonds. The van der Waals surface area contributed by atoms with Crippen molar-refractivity contribution in [2.75, 3.05) is 25.1 Å². The van der Waals surface area contributed by atoms with Gasteiger partial charge in [-0.2, -0.15) is 0 Å². The van der Waals surface area contributed by atoms with E-state index in [1.807, 2.05) is 37.3 Å². The number of nitrogens with zero attached hydrogens (tertiary/aromatic N) is 1. The number of pyridine rings is 1. The van der Waals surface area contributed by atoms with Gasteiger partial charge in [0.15, 0.2) is 0 Å². The molecule has 0 unspecified atom stereocenters. The normalized spacial score (nSPS) is 10.7. The number of para-hydroxylation sites is 1. The molecule has 2 aromatic carbocycles. The predicted octanol–water partition coefficient (Wildman–Crippen LogP) is 3.34. The highest BCUT2D eigenvalue weighted by Crippen LogP contribution is 2.20. The topological polar surface area (TPSA) is 94.7 Å². The van der Waals surface area contributed by atoms with Crippen molar-refractivity contribution < 1.29 is 14.6 Å². The van der Waals surface area contributed by atoms with Crippen molar-refractivity contribution in [1.29, 1.82) is 0 Å². The molecule has 0 aliphatic rings. The second-order valence-corrected chi connectivity index (χ2v) is 6.60. The summed E-state index contributed by atoms with van der Waals surface area (Å²) in [5.74, 6) is 0.719. The molecule has 7 nitrogen and oxygen atoms in total. The lowest BCUT2D eigenvalue weighted by Crippen LogP contribution is -2.37. The third kappa shape index (κ3) is 5.36. The number of nitrogens with one attached hydrogen (secondary N) is 2. The second-order valence-electron chi connectivity index (χ2n) is 6.60. The molecule has 1 heterocycles. The summed E-state index contributed by atoms with van der Waals surface area (Å²) < 4.78 is 5.53. The minimum atomic E-state index is -0.327. The molecule has 0 radical (unpaired) electrons. The molecule has 3 rings (SSSR count). The van der Waals surface area contributed by atoms with Crippen molar-refractivity contribution in [2.24, 2.45) is 0 Å². The third-order valence-electron chi connectivity index (χ3n) is 4.46. The van der Waals surface area contributed by atoms with E-state index in [2.05, 4.69) is 10.3 Å². The molecule has 1 aromatic heterocycles. The fourth-order valence-electron chi connectivity index (χ4n) is 3.05. The molecule has 3 N–H and O–H groups in total. The van der Waals surface area contributed by atoms with E-state index in [-0.39, 0.29) is 24.7 Å². The van der Waals surface area contributed by atoms with E-state index < -0.39 is 0 Å². The number of anilines is 1. The Balaban J connectivity index is 1.85. The van der Waals surface area contributed by atoms with Crippen LogP contribution in [0.2, 0.25) is 0 Å². The van der Waals surface area contributed by atoms with Crippen LogP contribution < -0.4 is 15.6 Å². The minimum absolute atomic E-state index is 0.0408. The molecule has 0 aliphatic heterocycles. The highest BCUT2D eigenvalue weighted by Gasteiger charge is 2.16. The van der Waals surface area contributed by atoms with Gasteiger partial charge in [-0.1, -0.05) is 18.2 Å². The molecular weight excluding hydrogens is 370 g/mol. The number of aromatic amines is 1. The molecule has 7 heteroatoms. The first-order valence-corrected chi connectivity index (χ1v) is 9.61. The first kappa shape index (κ1) is 20.4. The quantitative estimate of drug-likeness (QED) is 0.545. The number of fused-ring (bicyclic) bond motifs is 1. The lowest BCUT2D eigenvalue weighted by molar-refractivity contribution is 0.199. The largest absolute Gasteiger partial charge is 0.494 e. The number of hydrogen-bond donors (Lipinski definition) is 3. The Morgan fingerprint density at radius 2 is 1.97 bits per heavy atom. The standard InChI is InChI=1S/C22H25N3O4/c1-2-29-19-9-10-20-16(14-19)13-17(21(27)24-20)15-25(11-6-12-26)22(28)23-18-7-4-3-5-8-18/h3-5,7-10,13-14,26H,2,6,11-12,15H2,1H3,(H,23,28)(H,24,27). The summed E-state index contributed by atoms with van der Waals surface area (Å²) in [4.78, 5) is 29.7. The fourth-order valence-corrected chi connectivity index (χ4v) is 3.05. The number of aromatic nitrogens is 1. The first-order valence-electron chi connectivity index (χ1n) is 9.61. The summed E-state index contributed by atoms with van der Waals surface area (Å²) in [6.45, 7) is 2.87. The molecule has 0 fully saturated rings. The number of aliphatic hydroxyl groups excluding tert-OH is 1. The van der Waals surface area contributed by atoms with Crippen molar-refractivity contribution in [3.8, 4) is 5.75 Å². The molecule has 0 saturated heterocycles. The third-order valence-corrected chi connectivity index (χ3v) is 4.46. The van der Waals surface area contributed by atoms with E-state index in [4.69, 9.17) is 4.74 Å². The number of hydrogen-bond acceptors (Lipinski definition) is 4.